The molecule has 1 atom stereocenters. The molecule has 0 saturated heterocycles. The van der Waals surface area contributed by atoms with Crippen LogP contribution in [0.2, 0.25) is 0 Å². The predicted octanol–water partition coefficient (Wildman–Crippen LogP) is 3.60. The van der Waals surface area contributed by atoms with Crippen molar-refractivity contribution in [2.24, 2.45) is 0 Å². The first-order chi connectivity index (χ1) is 13.2. The molecule has 6 nitrogen and oxygen atoms in total. The molecule has 1 unspecified atom stereocenters. The monoisotopic (exact) mass is 476 g/mol. The van der Waals surface area contributed by atoms with Gasteiger partial charge in [-0.25, -0.2) is 13.1 Å². The molecule has 152 valence electrons. The van der Waals surface area contributed by atoms with E-state index in [0.717, 1.165) is 0 Å². The van der Waals surface area contributed by atoms with Gasteiger partial charge in [0.15, 0.2) is 0 Å². The van der Waals surface area contributed by atoms with E-state index in [4.69, 9.17) is 0 Å². The van der Waals surface area contributed by atoms with Crippen LogP contribution in [0.15, 0.2) is 57.9 Å². The first-order valence-electron chi connectivity index (χ1n) is 8.27. The second-order valence-corrected chi connectivity index (χ2v) is 8.53. The Morgan fingerprint density at radius 2 is 1.89 bits per heavy atom. The van der Waals surface area contributed by atoms with Crippen LogP contribution in [0.25, 0.3) is 0 Å². The van der Waals surface area contributed by atoms with Gasteiger partial charge in [-0.15, -0.1) is 0 Å². The summed E-state index contributed by atoms with van der Waals surface area (Å²) < 4.78 is 56.3. The third-order valence-electron chi connectivity index (χ3n) is 3.71. The highest BCUT2D eigenvalue weighted by molar-refractivity contribution is 9.10. The van der Waals surface area contributed by atoms with E-state index in [1.165, 1.54) is 24.3 Å². The third kappa shape index (κ3) is 6.84. The van der Waals surface area contributed by atoms with Gasteiger partial charge >= 0.3 is 6.61 Å². The summed E-state index contributed by atoms with van der Waals surface area (Å²) in [5, 5.41) is 2.69. The Morgan fingerprint density at radius 1 is 1.18 bits per heavy atom. The van der Waals surface area contributed by atoms with E-state index in [1.54, 1.807) is 31.2 Å². The quantitative estimate of drug-likeness (QED) is 0.578. The Hall–Kier alpha value is -2.04. The lowest BCUT2D eigenvalue weighted by atomic mass is 10.1. The summed E-state index contributed by atoms with van der Waals surface area (Å²) in [5.41, 5.74) is 0.584. The number of ether oxygens (including phenoxy) is 1. The Balaban J connectivity index is 1.87. The molecule has 0 aliphatic carbocycles. The van der Waals surface area contributed by atoms with Crippen molar-refractivity contribution >= 4 is 31.9 Å². The van der Waals surface area contributed by atoms with Gasteiger partial charge in [-0.1, -0.05) is 34.1 Å². The number of carbonyl (C=O) groups is 1. The summed E-state index contributed by atoms with van der Waals surface area (Å²) in [6.45, 7) is -1.33. The summed E-state index contributed by atoms with van der Waals surface area (Å²) in [5.74, 6) is -0.389. The molecule has 1 amide bonds. The minimum Gasteiger partial charge on any atom is -0.435 e. The normalized spacial score (nSPS) is 12.6. The fourth-order valence-electron chi connectivity index (χ4n) is 2.37. The van der Waals surface area contributed by atoms with Crippen LogP contribution in [-0.2, 0) is 14.8 Å². The second-order valence-electron chi connectivity index (χ2n) is 5.85. The van der Waals surface area contributed by atoms with Crippen LogP contribution in [-0.4, -0.2) is 27.5 Å². The molecule has 0 bridgehead atoms. The predicted molar refractivity (Wildman–Crippen MR) is 104 cm³/mol. The lowest BCUT2D eigenvalue weighted by Crippen LogP contribution is -2.32. The fraction of sp³-hybridized carbons (Fsp3) is 0.278. The van der Waals surface area contributed by atoms with Gasteiger partial charge in [-0.3, -0.25) is 4.79 Å². The van der Waals surface area contributed by atoms with E-state index in [1.807, 2.05) is 0 Å². The Bertz CT molecular complexity index is 925. The van der Waals surface area contributed by atoms with Crippen molar-refractivity contribution in [2.75, 3.05) is 6.54 Å². The maximum atomic E-state index is 12.3. The summed E-state index contributed by atoms with van der Waals surface area (Å²) >= 11 is 3.21. The van der Waals surface area contributed by atoms with E-state index >= 15 is 0 Å². The Labute approximate surface area is 170 Å². The third-order valence-corrected chi connectivity index (χ3v) is 5.66. The van der Waals surface area contributed by atoms with Crippen molar-refractivity contribution in [1.82, 2.24) is 10.0 Å². The van der Waals surface area contributed by atoms with Crippen LogP contribution in [0, 0.1) is 0 Å². The molecule has 10 heteroatoms. The number of hydrogen-bond donors (Lipinski definition) is 2. The summed E-state index contributed by atoms with van der Waals surface area (Å²) in [4.78, 5) is 12.2. The molecule has 0 aliphatic rings. The number of hydrogen-bond acceptors (Lipinski definition) is 4. The molecule has 2 aromatic carbocycles. The summed E-state index contributed by atoms with van der Waals surface area (Å²) in [7, 11) is -3.72. The number of nitrogens with one attached hydrogen (secondary N) is 2. The molecule has 28 heavy (non-hydrogen) atoms. The smallest absolute Gasteiger partial charge is 0.387 e. The van der Waals surface area contributed by atoms with Crippen molar-refractivity contribution in [1.29, 1.82) is 0 Å². The molecule has 0 radical (unpaired) electrons. The summed E-state index contributed by atoms with van der Waals surface area (Å²) in [6.07, 6.45) is -0.0786. The van der Waals surface area contributed by atoms with Gasteiger partial charge < -0.3 is 10.1 Å². The SMILES string of the molecule is CC(NC(=O)CCNS(=O)(=O)c1cccc(Br)c1)c1cccc(OC(F)F)c1. The minimum atomic E-state index is -3.72. The maximum absolute atomic E-state index is 12.3. The molecule has 0 saturated carbocycles. The number of amides is 1. The molecule has 0 heterocycles. The van der Waals surface area contributed by atoms with Crippen LogP contribution in [0.3, 0.4) is 0 Å². The van der Waals surface area contributed by atoms with Gasteiger partial charge in [0, 0.05) is 17.4 Å². The van der Waals surface area contributed by atoms with Crippen molar-refractivity contribution in [3.05, 3.63) is 58.6 Å². The second kappa shape index (κ2) is 9.94. The number of rotatable bonds is 9. The molecule has 2 N–H and O–H groups in total. The number of benzene rings is 2. The molecule has 0 spiro atoms. The highest BCUT2D eigenvalue weighted by atomic mass is 79.9. The van der Waals surface area contributed by atoms with E-state index in [-0.39, 0.29) is 29.5 Å². The highest BCUT2D eigenvalue weighted by Gasteiger charge is 2.16. The van der Waals surface area contributed by atoms with Gasteiger partial charge in [0.1, 0.15) is 5.75 Å². The zero-order chi connectivity index (χ0) is 20.7. The highest BCUT2D eigenvalue weighted by Crippen LogP contribution is 2.21. The van der Waals surface area contributed by atoms with Gasteiger partial charge in [0.2, 0.25) is 15.9 Å². The Morgan fingerprint density at radius 3 is 2.57 bits per heavy atom. The van der Waals surface area contributed by atoms with E-state index in [2.05, 4.69) is 30.7 Å². The zero-order valence-electron chi connectivity index (χ0n) is 14.9. The van der Waals surface area contributed by atoms with Gasteiger partial charge in [0.05, 0.1) is 10.9 Å². The van der Waals surface area contributed by atoms with Crippen molar-refractivity contribution in [2.45, 2.75) is 30.9 Å². The number of alkyl halides is 2. The summed E-state index contributed by atoms with van der Waals surface area (Å²) in [6, 6.07) is 11.8. The zero-order valence-corrected chi connectivity index (χ0v) is 17.3. The van der Waals surface area contributed by atoms with Crippen LogP contribution in [0.4, 0.5) is 8.78 Å². The fourth-order valence-corrected chi connectivity index (χ4v) is 4.00. The van der Waals surface area contributed by atoms with E-state index in [9.17, 15) is 22.0 Å². The van der Waals surface area contributed by atoms with E-state index in [0.29, 0.717) is 10.0 Å². The Kier molecular flexibility index (Phi) is 7.90. The lowest BCUT2D eigenvalue weighted by molar-refractivity contribution is -0.121. The largest absolute Gasteiger partial charge is 0.435 e. The lowest BCUT2D eigenvalue weighted by Gasteiger charge is -2.16. The van der Waals surface area contributed by atoms with Crippen molar-refractivity contribution in [3.8, 4) is 5.75 Å². The molecule has 0 aliphatic heterocycles. The number of halogens is 3. The first-order valence-corrected chi connectivity index (χ1v) is 10.5. The first kappa shape index (κ1) is 22.3. The minimum absolute atomic E-state index is 0.00428. The number of carbonyl (C=O) groups excluding carboxylic acids is 1. The molecule has 2 rings (SSSR count). The average molecular weight is 477 g/mol. The van der Waals surface area contributed by atoms with Crippen LogP contribution in [0.5, 0.6) is 5.75 Å². The van der Waals surface area contributed by atoms with Crippen LogP contribution < -0.4 is 14.8 Å². The molecular weight excluding hydrogens is 458 g/mol. The molecular formula is C18H19BrF2N2O4S. The van der Waals surface area contributed by atoms with E-state index < -0.39 is 22.7 Å². The van der Waals surface area contributed by atoms with Gasteiger partial charge in [0.25, 0.3) is 0 Å². The van der Waals surface area contributed by atoms with Crippen molar-refractivity contribution < 1.29 is 26.7 Å². The molecule has 0 aromatic heterocycles. The van der Waals surface area contributed by atoms with Crippen LogP contribution >= 0.6 is 15.9 Å². The van der Waals surface area contributed by atoms with Gasteiger partial charge in [-0.05, 0) is 42.8 Å². The number of sulfonamides is 1. The van der Waals surface area contributed by atoms with Crippen molar-refractivity contribution in [3.63, 3.8) is 0 Å². The molecule has 0 fully saturated rings. The van der Waals surface area contributed by atoms with Gasteiger partial charge in [-0.2, -0.15) is 8.78 Å². The topological polar surface area (TPSA) is 84.5 Å². The maximum Gasteiger partial charge on any atom is 0.387 e. The molecule has 2 aromatic rings. The van der Waals surface area contributed by atoms with Crippen LogP contribution in [0.1, 0.15) is 24.9 Å². The average Bonchev–Trinajstić information content (AvgIpc) is 2.61. The standard InChI is InChI=1S/C18H19BrF2N2O4S/c1-12(13-4-2-6-15(10-13)27-18(20)21)23-17(24)8-9-22-28(25,26)16-7-3-5-14(19)11-16/h2-7,10-12,18,22H,8-9H2,1H3,(H,23,24).